The number of para-hydroxylation sites is 1. The van der Waals surface area contributed by atoms with Gasteiger partial charge in [-0.1, -0.05) is 19.1 Å². The van der Waals surface area contributed by atoms with Crippen molar-refractivity contribution < 1.29 is 10.2 Å². The van der Waals surface area contributed by atoms with Crippen molar-refractivity contribution >= 4 is 5.69 Å². The monoisotopic (exact) mass is 220 g/mol. The van der Waals surface area contributed by atoms with Crippen LogP contribution in [-0.2, 0) is 0 Å². The zero-order chi connectivity index (χ0) is 12.0. The minimum atomic E-state index is -0.771. The quantitative estimate of drug-likeness (QED) is 0.694. The second-order valence-electron chi connectivity index (χ2n) is 3.73. The average molecular weight is 220 g/mol. The molecule has 1 rings (SSSR count). The van der Waals surface area contributed by atoms with Crippen LogP contribution >= 0.6 is 0 Å². The number of hydrogen-bond donors (Lipinski definition) is 3. The second-order valence-corrected chi connectivity index (χ2v) is 3.73. The van der Waals surface area contributed by atoms with Crippen LogP contribution in [0.5, 0.6) is 0 Å². The molecule has 0 saturated heterocycles. The highest BCUT2D eigenvalue weighted by atomic mass is 16.3. The molecule has 0 amide bonds. The average Bonchev–Trinajstić information content (AvgIpc) is 2.36. The van der Waals surface area contributed by atoms with Gasteiger partial charge in [-0.2, -0.15) is 5.26 Å². The maximum atomic E-state index is 9.30. The van der Waals surface area contributed by atoms with Gasteiger partial charge in [0.05, 0.1) is 30.0 Å². The number of rotatable bonds is 5. The molecule has 4 heteroatoms. The van der Waals surface area contributed by atoms with Crippen molar-refractivity contribution in [3.63, 3.8) is 0 Å². The lowest BCUT2D eigenvalue weighted by molar-refractivity contribution is 0.132. The van der Waals surface area contributed by atoms with E-state index in [1.807, 2.05) is 6.92 Å². The number of hydrogen-bond acceptors (Lipinski definition) is 4. The number of aliphatic hydroxyl groups excluding tert-OH is 2. The van der Waals surface area contributed by atoms with Gasteiger partial charge in [-0.3, -0.25) is 0 Å². The second kappa shape index (κ2) is 5.50. The van der Waals surface area contributed by atoms with E-state index in [1.165, 1.54) is 0 Å². The number of nitrogens with zero attached hydrogens (tertiary/aromatic N) is 1. The van der Waals surface area contributed by atoms with Gasteiger partial charge in [0.1, 0.15) is 6.07 Å². The van der Waals surface area contributed by atoms with Crippen LogP contribution < -0.4 is 5.32 Å². The molecule has 0 aliphatic rings. The summed E-state index contributed by atoms with van der Waals surface area (Å²) >= 11 is 0. The third-order valence-electron chi connectivity index (χ3n) is 2.73. The van der Waals surface area contributed by atoms with Gasteiger partial charge in [0.15, 0.2) is 0 Å². The van der Waals surface area contributed by atoms with E-state index < -0.39 is 5.54 Å². The Balaban J connectivity index is 2.99. The Hall–Kier alpha value is -1.57. The van der Waals surface area contributed by atoms with E-state index in [9.17, 15) is 10.2 Å². The maximum Gasteiger partial charge on any atom is 0.101 e. The van der Waals surface area contributed by atoms with E-state index in [-0.39, 0.29) is 13.2 Å². The van der Waals surface area contributed by atoms with Gasteiger partial charge < -0.3 is 15.5 Å². The molecule has 1 aromatic carbocycles. The number of aliphatic hydroxyl groups is 2. The summed E-state index contributed by atoms with van der Waals surface area (Å²) in [5.74, 6) is 0. The molecule has 0 atom stereocenters. The van der Waals surface area contributed by atoms with E-state index in [1.54, 1.807) is 24.3 Å². The summed E-state index contributed by atoms with van der Waals surface area (Å²) in [5.41, 5.74) is 0.365. The van der Waals surface area contributed by atoms with Crippen LogP contribution in [0.15, 0.2) is 24.3 Å². The first-order chi connectivity index (χ1) is 7.71. The van der Waals surface area contributed by atoms with E-state index in [0.29, 0.717) is 17.7 Å². The number of anilines is 1. The molecule has 0 saturated carbocycles. The zero-order valence-electron chi connectivity index (χ0n) is 9.27. The summed E-state index contributed by atoms with van der Waals surface area (Å²) in [7, 11) is 0. The third kappa shape index (κ3) is 2.51. The lowest BCUT2D eigenvalue weighted by Crippen LogP contribution is -2.45. The van der Waals surface area contributed by atoms with Gasteiger partial charge >= 0.3 is 0 Å². The summed E-state index contributed by atoms with van der Waals surface area (Å²) in [6.45, 7) is 1.51. The van der Waals surface area contributed by atoms with Crippen molar-refractivity contribution in [3.8, 4) is 6.07 Å². The van der Waals surface area contributed by atoms with Crippen LogP contribution in [0, 0.1) is 11.3 Å². The number of nitrogens with one attached hydrogen (secondary N) is 1. The Bertz CT molecular complexity index is 373. The highest BCUT2D eigenvalue weighted by Gasteiger charge is 2.26. The van der Waals surface area contributed by atoms with Crippen molar-refractivity contribution in [2.45, 2.75) is 18.9 Å². The van der Waals surface area contributed by atoms with Crippen molar-refractivity contribution in [3.05, 3.63) is 29.8 Å². The Morgan fingerprint density at radius 2 is 1.94 bits per heavy atom. The van der Waals surface area contributed by atoms with Crippen LogP contribution in [0.1, 0.15) is 18.9 Å². The van der Waals surface area contributed by atoms with Crippen LogP contribution in [0.4, 0.5) is 5.69 Å². The molecule has 86 valence electrons. The highest BCUT2D eigenvalue weighted by molar-refractivity contribution is 5.58. The Morgan fingerprint density at radius 3 is 2.44 bits per heavy atom. The normalized spacial score (nSPS) is 10.9. The fourth-order valence-electron chi connectivity index (χ4n) is 1.42. The van der Waals surface area contributed by atoms with E-state index >= 15 is 0 Å². The Kier molecular flexibility index (Phi) is 4.29. The standard InChI is InChI=1S/C12H16N2O2/c1-2-12(8-15,9-16)14-11-6-4-3-5-10(11)7-13/h3-6,14-16H,2,8-9H2,1H3. The molecule has 4 nitrogen and oxygen atoms in total. The molecule has 3 N–H and O–H groups in total. The minimum Gasteiger partial charge on any atom is -0.394 e. The van der Waals surface area contributed by atoms with Crippen molar-refractivity contribution in [1.29, 1.82) is 5.26 Å². The molecule has 16 heavy (non-hydrogen) atoms. The molecule has 0 aliphatic heterocycles. The third-order valence-corrected chi connectivity index (χ3v) is 2.73. The van der Waals surface area contributed by atoms with Gasteiger partial charge in [0.2, 0.25) is 0 Å². The summed E-state index contributed by atoms with van der Waals surface area (Å²) in [6, 6.07) is 9.09. The summed E-state index contributed by atoms with van der Waals surface area (Å²) in [6.07, 6.45) is 0.569. The minimum absolute atomic E-state index is 0.181. The van der Waals surface area contributed by atoms with Gasteiger partial charge in [-0.05, 0) is 18.6 Å². The summed E-state index contributed by atoms with van der Waals surface area (Å²) in [4.78, 5) is 0. The molecule has 1 aromatic rings. The van der Waals surface area contributed by atoms with E-state index in [0.717, 1.165) is 0 Å². The molecule has 0 spiro atoms. The van der Waals surface area contributed by atoms with E-state index in [2.05, 4.69) is 11.4 Å². The fourth-order valence-corrected chi connectivity index (χ4v) is 1.42. The predicted octanol–water partition coefficient (Wildman–Crippen LogP) is 1.10. The Labute approximate surface area is 95.2 Å². The molecule has 0 unspecified atom stereocenters. The lowest BCUT2D eigenvalue weighted by Gasteiger charge is -2.31. The van der Waals surface area contributed by atoms with Gasteiger partial charge in [0.25, 0.3) is 0 Å². The van der Waals surface area contributed by atoms with Crippen molar-refractivity contribution in [2.24, 2.45) is 0 Å². The van der Waals surface area contributed by atoms with Gasteiger partial charge in [0, 0.05) is 0 Å². The maximum absolute atomic E-state index is 9.30. The van der Waals surface area contributed by atoms with Crippen LogP contribution in [-0.4, -0.2) is 29.0 Å². The lowest BCUT2D eigenvalue weighted by atomic mass is 9.97. The topological polar surface area (TPSA) is 76.3 Å². The molecule has 0 aliphatic carbocycles. The first kappa shape index (κ1) is 12.5. The highest BCUT2D eigenvalue weighted by Crippen LogP contribution is 2.21. The molecule has 0 fully saturated rings. The molecule has 0 aromatic heterocycles. The molecule has 0 heterocycles. The van der Waals surface area contributed by atoms with Gasteiger partial charge in [-0.15, -0.1) is 0 Å². The van der Waals surface area contributed by atoms with Crippen LogP contribution in [0.2, 0.25) is 0 Å². The first-order valence-corrected chi connectivity index (χ1v) is 5.20. The molecule has 0 radical (unpaired) electrons. The van der Waals surface area contributed by atoms with Crippen molar-refractivity contribution in [1.82, 2.24) is 0 Å². The van der Waals surface area contributed by atoms with Crippen LogP contribution in [0.25, 0.3) is 0 Å². The predicted molar refractivity (Wildman–Crippen MR) is 62.0 cm³/mol. The smallest absolute Gasteiger partial charge is 0.101 e. The molecular formula is C12H16N2O2. The first-order valence-electron chi connectivity index (χ1n) is 5.20. The number of benzene rings is 1. The largest absolute Gasteiger partial charge is 0.394 e. The Morgan fingerprint density at radius 1 is 1.31 bits per heavy atom. The fraction of sp³-hybridized carbons (Fsp3) is 0.417. The summed E-state index contributed by atoms with van der Waals surface area (Å²) < 4.78 is 0. The van der Waals surface area contributed by atoms with Gasteiger partial charge in [-0.25, -0.2) is 0 Å². The van der Waals surface area contributed by atoms with Crippen LogP contribution in [0.3, 0.4) is 0 Å². The molecule has 0 bridgehead atoms. The SMILES string of the molecule is CCC(CO)(CO)Nc1ccccc1C#N. The number of nitriles is 1. The van der Waals surface area contributed by atoms with Crippen molar-refractivity contribution in [2.75, 3.05) is 18.5 Å². The summed E-state index contributed by atoms with van der Waals surface area (Å²) in [5, 5.41) is 30.5. The van der Waals surface area contributed by atoms with E-state index in [4.69, 9.17) is 5.26 Å². The zero-order valence-corrected chi connectivity index (χ0v) is 9.27. The molecular weight excluding hydrogens is 204 g/mol.